The molecule has 0 bridgehead atoms. The molecule has 4 nitrogen and oxygen atoms in total. The maximum atomic E-state index is 12.5. The predicted molar refractivity (Wildman–Crippen MR) is 87.7 cm³/mol. The maximum absolute atomic E-state index is 12.5. The lowest BCUT2D eigenvalue weighted by Gasteiger charge is -2.17. The van der Waals surface area contributed by atoms with Crippen molar-refractivity contribution in [3.63, 3.8) is 0 Å². The number of aliphatic hydroxyl groups is 1. The first-order chi connectivity index (χ1) is 9.97. The molecule has 0 amide bonds. The molecule has 0 fully saturated rings. The zero-order valence-corrected chi connectivity index (χ0v) is 14.6. The van der Waals surface area contributed by atoms with Crippen molar-refractivity contribution >= 4 is 37.3 Å². The molecule has 0 radical (unpaired) electrons. The third-order valence-electron chi connectivity index (χ3n) is 3.06. The molecule has 0 spiro atoms. The van der Waals surface area contributed by atoms with Gasteiger partial charge in [0.25, 0.3) is 0 Å². The summed E-state index contributed by atoms with van der Waals surface area (Å²) in [5.74, 6) is 0. The van der Waals surface area contributed by atoms with E-state index in [0.717, 1.165) is 5.56 Å². The number of thiophene rings is 1. The molecule has 2 rings (SSSR count). The van der Waals surface area contributed by atoms with Gasteiger partial charge < -0.3 is 5.11 Å². The van der Waals surface area contributed by atoms with Crippen LogP contribution in [0.2, 0.25) is 0 Å². The minimum Gasteiger partial charge on any atom is -0.391 e. The number of halogens is 1. The van der Waals surface area contributed by atoms with Gasteiger partial charge in [-0.3, -0.25) is 0 Å². The second-order valence-electron chi connectivity index (χ2n) is 4.50. The average Bonchev–Trinajstić information content (AvgIpc) is 2.88. The van der Waals surface area contributed by atoms with Crippen LogP contribution in [0, 0.1) is 0 Å². The maximum Gasteiger partial charge on any atom is 0.243 e. The van der Waals surface area contributed by atoms with Crippen LogP contribution in [0.25, 0.3) is 0 Å². The van der Waals surface area contributed by atoms with Crippen molar-refractivity contribution in [1.29, 1.82) is 0 Å². The summed E-state index contributed by atoms with van der Waals surface area (Å²) in [5.41, 5.74) is 0.928. The Bertz CT molecular complexity index is 698. The van der Waals surface area contributed by atoms with Crippen LogP contribution in [0.1, 0.15) is 29.8 Å². The van der Waals surface area contributed by atoms with Crippen molar-refractivity contribution < 1.29 is 13.5 Å². The standard InChI is InChI=1S/C14H16BrNO3S2/c1-2-12(10-6-4-3-5-7-10)16-21(18,19)13-8-11(9-17)20-14(13)15/h3-8,12,16-17H,2,9H2,1H3. The Kier molecular flexibility index (Phi) is 5.56. The molecule has 0 saturated carbocycles. The Morgan fingerprint density at radius 1 is 1.33 bits per heavy atom. The molecule has 0 aliphatic heterocycles. The fourth-order valence-electron chi connectivity index (χ4n) is 1.98. The largest absolute Gasteiger partial charge is 0.391 e. The first kappa shape index (κ1) is 16.6. The number of hydrogen-bond donors (Lipinski definition) is 2. The molecule has 114 valence electrons. The topological polar surface area (TPSA) is 66.4 Å². The van der Waals surface area contributed by atoms with Crippen LogP contribution >= 0.6 is 27.3 Å². The second kappa shape index (κ2) is 7.02. The van der Waals surface area contributed by atoms with Gasteiger partial charge in [0.2, 0.25) is 10.0 Å². The minimum absolute atomic E-state index is 0.172. The van der Waals surface area contributed by atoms with E-state index in [1.165, 1.54) is 17.4 Å². The van der Waals surface area contributed by atoms with E-state index < -0.39 is 10.0 Å². The van der Waals surface area contributed by atoms with E-state index in [4.69, 9.17) is 5.11 Å². The van der Waals surface area contributed by atoms with Crippen LogP contribution in [0.5, 0.6) is 0 Å². The summed E-state index contributed by atoms with van der Waals surface area (Å²) >= 11 is 4.47. The van der Waals surface area contributed by atoms with Crippen molar-refractivity contribution in [2.75, 3.05) is 0 Å². The average molecular weight is 390 g/mol. The molecular weight excluding hydrogens is 374 g/mol. The Morgan fingerprint density at radius 3 is 2.52 bits per heavy atom. The summed E-state index contributed by atoms with van der Waals surface area (Å²) in [5, 5.41) is 9.12. The monoisotopic (exact) mass is 389 g/mol. The molecule has 2 aromatic rings. The summed E-state index contributed by atoms with van der Waals surface area (Å²) in [4.78, 5) is 0.779. The second-order valence-corrected chi connectivity index (χ2v) is 8.64. The molecule has 1 atom stereocenters. The van der Waals surface area contributed by atoms with Crippen molar-refractivity contribution in [2.45, 2.75) is 30.9 Å². The number of nitrogens with one attached hydrogen (secondary N) is 1. The Balaban J connectivity index is 2.29. The number of rotatable bonds is 6. The predicted octanol–water partition coefficient (Wildman–Crippen LogP) is 3.43. The summed E-state index contributed by atoms with van der Waals surface area (Å²) in [7, 11) is -3.64. The highest BCUT2D eigenvalue weighted by Gasteiger charge is 2.24. The van der Waals surface area contributed by atoms with Crippen molar-refractivity contribution in [3.8, 4) is 0 Å². The zero-order chi connectivity index (χ0) is 15.5. The molecule has 2 N–H and O–H groups in total. The first-order valence-corrected chi connectivity index (χ1v) is 9.53. The van der Waals surface area contributed by atoms with E-state index in [1.54, 1.807) is 0 Å². The van der Waals surface area contributed by atoms with Crippen molar-refractivity contribution in [1.82, 2.24) is 4.72 Å². The van der Waals surface area contributed by atoms with Gasteiger partial charge in [0.1, 0.15) is 4.90 Å². The summed E-state index contributed by atoms with van der Waals surface area (Å²) in [6.07, 6.45) is 0.651. The Labute approximate surface area is 137 Å². The van der Waals surface area contributed by atoms with Crippen molar-refractivity contribution in [2.24, 2.45) is 0 Å². The van der Waals surface area contributed by atoms with E-state index in [2.05, 4.69) is 20.7 Å². The fraction of sp³-hybridized carbons (Fsp3) is 0.286. The highest BCUT2D eigenvalue weighted by Crippen LogP contribution is 2.32. The van der Waals surface area contributed by atoms with Gasteiger partial charge in [-0.1, -0.05) is 37.3 Å². The lowest BCUT2D eigenvalue weighted by atomic mass is 10.1. The lowest BCUT2D eigenvalue weighted by Crippen LogP contribution is -2.28. The highest BCUT2D eigenvalue weighted by atomic mass is 79.9. The molecule has 1 unspecified atom stereocenters. The van der Waals surface area contributed by atoms with E-state index >= 15 is 0 Å². The molecule has 1 heterocycles. The quantitative estimate of drug-likeness (QED) is 0.794. The van der Waals surface area contributed by atoms with Crippen LogP contribution in [0.3, 0.4) is 0 Å². The van der Waals surface area contributed by atoms with E-state index in [1.807, 2.05) is 37.3 Å². The third-order valence-corrected chi connectivity index (χ3v) is 6.77. The number of aliphatic hydroxyl groups excluding tert-OH is 1. The molecule has 7 heteroatoms. The van der Waals surface area contributed by atoms with E-state index in [9.17, 15) is 8.42 Å². The van der Waals surface area contributed by atoms with Gasteiger partial charge in [0.05, 0.1) is 10.4 Å². The SMILES string of the molecule is CCC(NS(=O)(=O)c1cc(CO)sc1Br)c1ccccc1. The number of hydrogen-bond acceptors (Lipinski definition) is 4. The van der Waals surface area contributed by atoms with Gasteiger partial charge in [-0.15, -0.1) is 11.3 Å². The molecule has 0 saturated heterocycles. The van der Waals surface area contributed by atoms with Gasteiger partial charge in [0.15, 0.2) is 0 Å². The van der Waals surface area contributed by atoms with Crippen LogP contribution in [0.15, 0.2) is 45.1 Å². The van der Waals surface area contributed by atoms with Gasteiger partial charge in [-0.05, 0) is 34.0 Å². The van der Waals surface area contributed by atoms with Crippen LogP contribution in [-0.2, 0) is 16.6 Å². The van der Waals surface area contributed by atoms with Gasteiger partial charge in [-0.25, -0.2) is 13.1 Å². The molecular formula is C14H16BrNO3S2. The molecule has 1 aromatic heterocycles. The van der Waals surface area contributed by atoms with Gasteiger partial charge >= 0.3 is 0 Å². The first-order valence-electron chi connectivity index (χ1n) is 6.44. The molecule has 1 aromatic carbocycles. The summed E-state index contributed by atoms with van der Waals surface area (Å²) < 4.78 is 28.2. The lowest BCUT2D eigenvalue weighted by molar-refractivity contribution is 0.285. The smallest absolute Gasteiger partial charge is 0.243 e. The number of benzene rings is 1. The van der Waals surface area contributed by atoms with Crippen LogP contribution < -0.4 is 4.72 Å². The van der Waals surface area contributed by atoms with E-state index in [-0.39, 0.29) is 17.5 Å². The van der Waals surface area contributed by atoms with Crippen LogP contribution in [-0.4, -0.2) is 13.5 Å². The van der Waals surface area contributed by atoms with Gasteiger partial charge in [-0.2, -0.15) is 0 Å². The summed E-state index contributed by atoms with van der Waals surface area (Å²) in [6, 6.07) is 10.7. The highest BCUT2D eigenvalue weighted by molar-refractivity contribution is 9.11. The van der Waals surface area contributed by atoms with Gasteiger partial charge in [0, 0.05) is 10.9 Å². The minimum atomic E-state index is -3.64. The van der Waals surface area contributed by atoms with Crippen molar-refractivity contribution in [3.05, 3.63) is 50.6 Å². The Morgan fingerprint density at radius 2 is 2.00 bits per heavy atom. The fourth-order valence-corrected chi connectivity index (χ4v) is 5.83. The number of sulfonamides is 1. The summed E-state index contributed by atoms with van der Waals surface area (Å²) in [6.45, 7) is 1.76. The van der Waals surface area contributed by atoms with E-state index in [0.29, 0.717) is 15.1 Å². The zero-order valence-electron chi connectivity index (χ0n) is 11.4. The Hall–Kier alpha value is -0.730. The molecule has 21 heavy (non-hydrogen) atoms. The third kappa shape index (κ3) is 3.92. The molecule has 0 aliphatic carbocycles. The molecule has 0 aliphatic rings. The van der Waals surface area contributed by atoms with Crippen LogP contribution in [0.4, 0.5) is 0 Å². The normalized spacial score (nSPS) is 13.3.